The van der Waals surface area contributed by atoms with Crippen LogP contribution in [0.25, 0.3) is 0 Å². The van der Waals surface area contributed by atoms with Crippen LogP contribution in [0.2, 0.25) is 0 Å². The highest BCUT2D eigenvalue weighted by molar-refractivity contribution is 5.95. The second-order valence-corrected chi connectivity index (χ2v) is 4.65. The molecule has 1 heterocycles. The Labute approximate surface area is 102 Å². The van der Waals surface area contributed by atoms with E-state index in [1.165, 1.54) is 0 Å². The highest BCUT2D eigenvalue weighted by Crippen LogP contribution is 2.06. The van der Waals surface area contributed by atoms with Gasteiger partial charge in [0.15, 0.2) is 5.78 Å². The van der Waals surface area contributed by atoms with Gasteiger partial charge in [0.25, 0.3) is 6.47 Å². The molecular formula is C12H21NO4. The van der Waals surface area contributed by atoms with Crippen molar-refractivity contribution in [2.24, 2.45) is 0 Å². The molecule has 5 heteroatoms. The van der Waals surface area contributed by atoms with Gasteiger partial charge in [-0.25, -0.2) is 0 Å². The SMILES string of the molecule is CC(C)(C)OC=O.O=C1CCNCCC1=CO. The van der Waals surface area contributed by atoms with Crippen molar-refractivity contribution in [3.63, 3.8) is 0 Å². The Morgan fingerprint density at radius 1 is 1.29 bits per heavy atom. The molecule has 0 aromatic carbocycles. The van der Waals surface area contributed by atoms with E-state index in [4.69, 9.17) is 5.11 Å². The van der Waals surface area contributed by atoms with Crippen LogP contribution in [0.15, 0.2) is 11.8 Å². The zero-order valence-electron chi connectivity index (χ0n) is 10.7. The Morgan fingerprint density at radius 3 is 2.29 bits per heavy atom. The number of Topliss-reactive ketones (excluding diaryl/α,β-unsaturated/α-hetero) is 1. The fourth-order valence-corrected chi connectivity index (χ4v) is 1.13. The quantitative estimate of drug-likeness (QED) is 0.413. The second kappa shape index (κ2) is 7.84. The Morgan fingerprint density at radius 2 is 1.88 bits per heavy atom. The van der Waals surface area contributed by atoms with E-state index in [-0.39, 0.29) is 11.4 Å². The van der Waals surface area contributed by atoms with Gasteiger partial charge in [-0.3, -0.25) is 9.59 Å². The molecule has 1 aliphatic heterocycles. The Balaban J connectivity index is 0.000000325. The summed E-state index contributed by atoms with van der Waals surface area (Å²) in [7, 11) is 0. The summed E-state index contributed by atoms with van der Waals surface area (Å²) >= 11 is 0. The van der Waals surface area contributed by atoms with Crippen LogP contribution in [0.4, 0.5) is 0 Å². The number of rotatable bonds is 1. The summed E-state index contributed by atoms with van der Waals surface area (Å²) in [4.78, 5) is 20.6. The van der Waals surface area contributed by atoms with Gasteiger partial charge < -0.3 is 15.2 Å². The minimum absolute atomic E-state index is 0.0625. The standard InChI is InChI=1S/C7H11NO2.C5H10O2/c9-5-6-1-3-8-4-2-7(6)10;1-5(2,3)7-4-6/h5,8-9H,1-4H2;4H,1-3H3. The van der Waals surface area contributed by atoms with Crippen LogP contribution in [0.1, 0.15) is 33.6 Å². The van der Waals surface area contributed by atoms with Crippen molar-refractivity contribution in [2.75, 3.05) is 13.1 Å². The fourth-order valence-electron chi connectivity index (χ4n) is 1.13. The molecule has 0 unspecified atom stereocenters. The lowest BCUT2D eigenvalue weighted by molar-refractivity contribution is -0.138. The number of aliphatic hydroxyl groups is 1. The van der Waals surface area contributed by atoms with Crippen LogP contribution < -0.4 is 5.32 Å². The number of hydrogen-bond donors (Lipinski definition) is 2. The Kier molecular flexibility index (Phi) is 7.21. The number of carbonyl (C=O) groups is 2. The van der Waals surface area contributed by atoms with Gasteiger partial charge in [-0.1, -0.05) is 0 Å². The van der Waals surface area contributed by atoms with E-state index in [1.807, 2.05) is 20.8 Å². The summed E-state index contributed by atoms with van der Waals surface area (Å²) in [5, 5.41) is 11.6. The molecule has 0 aromatic heterocycles. The summed E-state index contributed by atoms with van der Waals surface area (Å²) in [5.74, 6) is 0.0625. The van der Waals surface area contributed by atoms with Gasteiger partial charge >= 0.3 is 0 Å². The lowest BCUT2D eigenvalue weighted by Crippen LogP contribution is -2.17. The van der Waals surface area contributed by atoms with Crippen molar-refractivity contribution >= 4 is 12.3 Å². The van der Waals surface area contributed by atoms with Gasteiger partial charge in [0.05, 0.1) is 6.26 Å². The van der Waals surface area contributed by atoms with Crippen molar-refractivity contribution in [1.82, 2.24) is 5.32 Å². The number of ether oxygens (including phenoxy) is 1. The van der Waals surface area contributed by atoms with Crippen LogP contribution in [0.3, 0.4) is 0 Å². The van der Waals surface area contributed by atoms with E-state index in [0.717, 1.165) is 19.4 Å². The lowest BCUT2D eigenvalue weighted by Gasteiger charge is -2.14. The molecule has 0 atom stereocenters. The molecule has 1 saturated heterocycles. The number of aliphatic hydroxyl groups excluding tert-OH is 1. The molecule has 0 radical (unpaired) electrons. The van der Waals surface area contributed by atoms with E-state index >= 15 is 0 Å². The molecular weight excluding hydrogens is 222 g/mol. The van der Waals surface area contributed by atoms with Crippen LogP contribution in [-0.4, -0.2) is 36.1 Å². The van der Waals surface area contributed by atoms with Gasteiger partial charge in [-0.2, -0.15) is 0 Å². The van der Waals surface area contributed by atoms with E-state index in [2.05, 4.69) is 10.1 Å². The fraction of sp³-hybridized carbons (Fsp3) is 0.667. The first kappa shape index (κ1) is 15.6. The van der Waals surface area contributed by atoms with E-state index in [1.54, 1.807) is 0 Å². The first-order chi connectivity index (χ1) is 7.90. The predicted octanol–water partition coefficient (Wildman–Crippen LogP) is 1.34. The molecule has 1 rings (SSSR count). The first-order valence-electron chi connectivity index (χ1n) is 5.59. The average molecular weight is 243 g/mol. The lowest BCUT2D eigenvalue weighted by atomic mass is 10.1. The molecule has 98 valence electrons. The van der Waals surface area contributed by atoms with Gasteiger partial charge in [0.1, 0.15) is 5.60 Å². The number of hydrogen-bond acceptors (Lipinski definition) is 5. The van der Waals surface area contributed by atoms with Crippen molar-refractivity contribution in [3.8, 4) is 0 Å². The largest absolute Gasteiger partial charge is 0.515 e. The highest BCUT2D eigenvalue weighted by Gasteiger charge is 2.12. The van der Waals surface area contributed by atoms with Crippen molar-refractivity contribution < 1.29 is 19.4 Å². The molecule has 2 N–H and O–H groups in total. The molecule has 0 aliphatic carbocycles. The second-order valence-electron chi connectivity index (χ2n) is 4.65. The molecule has 1 aliphatic rings. The minimum atomic E-state index is -0.318. The number of carbonyl (C=O) groups excluding carboxylic acids is 2. The maximum Gasteiger partial charge on any atom is 0.293 e. The zero-order chi connectivity index (χ0) is 13.3. The van der Waals surface area contributed by atoms with Crippen molar-refractivity contribution in [2.45, 2.75) is 39.2 Å². The third-order valence-corrected chi connectivity index (χ3v) is 2.02. The maximum atomic E-state index is 11.0. The molecule has 17 heavy (non-hydrogen) atoms. The Hall–Kier alpha value is -1.36. The minimum Gasteiger partial charge on any atom is -0.515 e. The summed E-state index contributed by atoms with van der Waals surface area (Å²) < 4.78 is 4.55. The molecule has 0 aromatic rings. The van der Waals surface area contributed by atoms with E-state index in [0.29, 0.717) is 24.9 Å². The van der Waals surface area contributed by atoms with Crippen LogP contribution in [0, 0.1) is 0 Å². The van der Waals surface area contributed by atoms with Crippen LogP contribution in [-0.2, 0) is 14.3 Å². The summed E-state index contributed by atoms with van der Waals surface area (Å²) in [5.41, 5.74) is 0.229. The highest BCUT2D eigenvalue weighted by atomic mass is 16.5. The molecule has 0 amide bonds. The van der Waals surface area contributed by atoms with Crippen LogP contribution in [0.5, 0.6) is 0 Å². The first-order valence-corrected chi connectivity index (χ1v) is 5.59. The maximum absolute atomic E-state index is 11.0. The molecule has 0 spiro atoms. The average Bonchev–Trinajstić information content (AvgIpc) is 2.41. The smallest absolute Gasteiger partial charge is 0.293 e. The van der Waals surface area contributed by atoms with Crippen molar-refractivity contribution in [1.29, 1.82) is 0 Å². The van der Waals surface area contributed by atoms with E-state index < -0.39 is 0 Å². The molecule has 5 nitrogen and oxygen atoms in total. The molecule has 1 fully saturated rings. The summed E-state index contributed by atoms with van der Waals surface area (Å²) in [6.07, 6.45) is 2.08. The van der Waals surface area contributed by atoms with Gasteiger partial charge in [0.2, 0.25) is 0 Å². The number of ketones is 1. The zero-order valence-corrected chi connectivity index (χ0v) is 10.7. The normalized spacial score (nSPS) is 19.0. The third-order valence-electron chi connectivity index (χ3n) is 2.02. The topological polar surface area (TPSA) is 75.6 Å². The predicted molar refractivity (Wildman–Crippen MR) is 64.7 cm³/mol. The van der Waals surface area contributed by atoms with Gasteiger partial charge in [-0.15, -0.1) is 0 Å². The number of nitrogens with one attached hydrogen (secondary N) is 1. The summed E-state index contributed by atoms with van der Waals surface area (Å²) in [6.45, 7) is 7.44. The van der Waals surface area contributed by atoms with Gasteiger partial charge in [-0.05, 0) is 33.7 Å². The molecule has 0 saturated carbocycles. The monoisotopic (exact) mass is 243 g/mol. The third kappa shape index (κ3) is 8.45. The Bertz CT molecular complexity index is 279. The summed E-state index contributed by atoms with van der Waals surface area (Å²) in [6, 6.07) is 0. The van der Waals surface area contributed by atoms with Gasteiger partial charge in [0, 0.05) is 18.5 Å². The van der Waals surface area contributed by atoms with E-state index in [9.17, 15) is 9.59 Å². The van der Waals surface area contributed by atoms with Crippen molar-refractivity contribution in [3.05, 3.63) is 11.8 Å². The molecule has 0 bridgehead atoms. The van der Waals surface area contributed by atoms with Crippen LogP contribution >= 0.6 is 0 Å².